The standard InChI is InChI=1S/C10H19NO3/c1-7(12)11-10(5,6)8(13)14-9(2,3)4/h1-6H3,(H,11,12). The van der Waals surface area contributed by atoms with Gasteiger partial charge in [-0.05, 0) is 34.6 Å². The molecule has 0 aromatic carbocycles. The third kappa shape index (κ3) is 4.84. The summed E-state index contributed by atoms with van der Waals surface area (Å²) in [5, 5.41) is 2.53. The van der Waals surface area contributed by atoms with Crippen LogP contribution >= 0.6 is 0 Å². The summed E-state index contributed by atoms with van der Waals surface area (Å²) in [4.78, 5) is 22.4. The molecule has 4 nitrogen and oxygen atoms in total. The van der Waals surface area contributed by atoms with Crippen molar-refractivity contribution in [1.29, 1.82) is 0 Å². The van der Waals surface area contributed by atoms with Gasteiger partial charge in [0.25, 0.3) is 0 Å². The van der Waals surface area contributed by atoms with E-state index in [2.05, 4.69) is 5.32 Å². The summed E-state index contributed by atoms with van der Waals surface area (Å²) in [6.45, 7) is 9.95. The van der Waals surface area contributed by atoms with E-state index < -0.39 is 17.1 Å². The molecule has 0 saturated heterocycles. The Morgan fingerprint density at radius 3 is 1.79 bits per heavy atom. The average molecular weight is 201 g/mol. The van der Waals surface area contributed by atoms with Crippen molar-refractivity contribution in [3.05, 3.63) is 0 Å². The Balaban J connectivity index is 4.44. The van der Waals surface area contributed by atoms with Crippen LogP contribution in [0.1, 0.15) is 41.5 Å². The van der Waals surface area contributed by atoms with Crippen LogP contribution in [-0.4, -0.2) is 23.0 Å². The molecule has 0 fully saturated rings. The largest absolute Gasteiger partial charge is 0.458 e. The van der Waals surface area contributed by atoms with Crippen LogP contribution in [0.4, 0.5) is 0 Å². The van der Waals surface area contributed by atoms with Gasteiger partial charge in [-0.1, -0.05) is 0 Å². The first kappa shape index (κ1) is 12.9. The summed E-state index contributed by atoms with van der Waals surface area (Å²) in [6.07, 6.45) is 0. The SMILES string of the molecule is CC(=O)NC(C)(C)C(=O)OC(C)(C)C. The van der Waals surface area contributed by atoms with Gasteiger partial charge in [0.1, 0.15) is 11.1 Å². The number of rotatable bonds is 2. The first-order valence-electron chi connectivity index (χ1n) is 4.57. The average Bonchev–Trinajstić information content (AvgIpc) is 1.79. The summed E-state index contributed by atoms with van der Waals surface area (Å²) in [7, 11) is 0. The minimum atomic E-state index is -0.973. The number of carbonyl (C=O) groups excluding carboxylic acids is 2. The number of nitrogens with one attached hydrogen (secondary N) is 1. The fourth-order valence-electron chi connectivity index (χ4n) is 0.897. The van der Waals surface area contributed by atoms with Gasteiger partial charge in [-0.2, -0.15) is 0 Å². The van der Waals surface area contributed by atoms with E-state index in [0.29, 0.717) is 0 Å². The van der Waals surface area contributed by atoms with Crippen LogP contribution in [0.2, 0.25) is 0 Å². The molecule has 0 radical (unpaired) electrons. The normalized spacial score (nSPS) is 12.1. The summed E-state index contributed by atoms with van der Waals surface area (Å²) in [5.74, 6) is -0.680. The first-order chi connectivity index (χ1) is 6.04. The van der Waals surface area contributed by atoms with Crippen molar-refractivity contribution in [3.8, 4) is 0 Å². The highest BCUT2D eigenvalue weighted by molar-refractivity contribution is 5.86. The monoisotopic (exact) mass is 201 g/mol. The van der Waals surface area contributed by atoms with Crippen molar-refractivity contribution in [2.45, 2.75) is 52.7 Å². The second-order valence-corrected chi connectivity index (χ2v) is 4.81. The summed E-state index contributed by atoms with van der Waals surface area (Å²) >= 11 is 0. The first-order valence-corrected chi connectivity index (χ1v) is 4.57. The van der Waals surface area contributed by atoms with Gasteiger partial charge in [0.2, 0.25) is 5.91 Å². The van der Waals surface area contributed by atoms with E-state index in [1.54, 1.807) is 34.6 Å². The molecule has 0 saturated carbocycles. The fraction of sp³-hybridized carbons (Fsp3) is 0.800. The highest BCUT2D eigenvalue weighted by atomic mass is 16.6. The molecule has 14 heavy (non-hydrogen) atoms. The smallest absolute Gasteiger partial charge is 0.331 e. The number of esters is 1. The van der Waals surface area contributed by atoms with Crippen LogP contribution in [0, 0.1) is 0 Å². The van der Waals surface area contributed by atoms with Crippen LogP contribution in [0.25, 0.3) is 0 Å². The van der Waals surface area contributed by atoms with Gasteiger partial charge in [0, 0.05) is 6.92 Å². The molecule has 0 aliphatic carbocycles. The Morgan fingerprint density at radius 2 is 1.50 bits per heavy atom. The van der Waals surface area contributed by atoms with E-state index in [1.807, 2.05) is 0 Å². The van der Waals surface area contributed by atoms with E-state index in [9.17, 15) is 9.59 Å². The lowest BCUT2D eigenvalue weighted by atomic mass is 10.1. The van der Waals surface area contributed by atoms with Gasteiger partial charge in [-0.25, -0.2) is 4.79 Å². The van der Waals surface area contributed by atoms with Crippen LogP contribution < -0.4 is 5.32 Å². The summed E-state index contributed by atoms with van der Waals surface area (Å²) in [6, 6.07) is 0. The quantitative estimate of drug-likeness (QED) is 0.684. The van der Waals surface area contributed by atoms with Gasteiger partial charge in [0.15, 0.2) is 0 Å². The summed E-state index contributed by atoms with van der Waals surface area (Å²) < 4.78 is 5.15. The van der Waals surface area contributed by atoms with Gasteiger partial charge in [0.05, 0.1) is 0 Å². The molecule has 1 amide bonds. The van der Waals surface area contributed by atoms with Crippen molar-refractivity contribution in [2.75, 3.05) is 0 Å². The summed E-state index contributed by atoms with van der Waals surface area (Å²) in [5.41, 5.74) is -1.51. The van der Waals surface area contributed by atoms with Crippen LogP contribution in [-0.2, 0) is 14.3 Å². The Kier molecular flexibility index (Phi) is 3.68. The molecule has 0 spiro atoms. The molecule has 0 unspecified atom stereocenters. The maximum atomic E-state index is 11.6. The number of ether oxygens (including phenoxy) is 1. The lowest BCUT2D eigenvalue weighted by Crippen LogP contribution is -2.51. The Morgan fingerprint density at radius 1 is 1.07 bits per heavy atom. The third-order valence-corrected chi connectivity index (χ3v) is 1.40. The molecule has 0 bridgehead atoms. The third-order valence-electron chi connectivity index (χ3n) is 1.40. The van der Waals surface area contributed by atoms with Crippen molar-refractivity contribution in [3.63, 3.8) is 0 Å². The molecule has 0 aliphatic heterocycles. The number of hydrogen-bond donors (Lipinski definition) is 1. The second-order valence-electron chi connectivity index (χ2n) is 4.81. The zero-order chi connectivity index (χ0) is 11.6. The predicted molar refractivity (Wildman–Crippen MR) is 53.7 cm³/mol. The van der Waals surface area contributed by atoms with E-state index in [0.717, 1.165) is 0 Å². The fourth-order valence-corrected chi connectivity index (χ4v) is 0.897. The van der Waals surface area contributed by atoms with E-state index >= 15 is 0 Å². The molecule has 0 aromatic rings. The lowest BCUT2D eigenvalue weighted by molar-refractivity contribution is -0.163. The van der Waals surface area contributed by atoms with E-state index in [1.165, 1.54) is 6.92 Å². The molecule has 0 heterocycles. The Hall–Kier alpha value is -1.06. The molecule has 1 N–H and O–H groups in total. The maximum absolute atomic E-state index is 11.6. The number of hydrogen-bond acceptors (Lipinski definition) is 3. The molecule has 0 aromatic heterocycles. The van der Waals surface area contributed by atoms with E-state index in [-0.39, 0.29) is 5.91 Å². The van der Waals surface area contributed by atoms with Gasteiger partial charge < -0.3 is 10.1 Å². The van der Waals surface area contributed by atoms with Crippen molar-refractivity contribution in [1.82, 2.24) is 5.32 Å². The van der Waals surface area contributed by atoms with Crippen molar-refractivity contribution >= 4 is 11.9 Å². The molecule has 4 heteroatoms. The lowest BCUT2D eigenvalue weighted by Gasteiger charge is -2.28. The molecule has 0 aliphatic rings. The minimum absolute atomic E-state index is 0.249. The highest BCUT2D eigenvalue weighted by Crippen LogP contribution is 2.13. The number of amides is 1. The maximum Gasteiger partial charge on any atom is 0.331 e. The molecule has 0 rings (SSSR count). The molecule has 82 valence electrons. The van der Waals surface area contributed by atoms with Crippen molar-refractivity contribution < 1.29 is 14.3 Å². The highest BCUT2D eigenvalue weighted by Gasteiger charge is 2.32. The zero-order valence-corrected chi connectivity index (χ0v) is 9.72. The Bertz CT molecular complexity index is 238. The van der Waals surface area contributed by atoms with Crippen LogP contribution in [0.3, 0.4) is 0 Å². The predicted octanol–water partition coefficient (Wildman–Crippen LogP) is 1.24. The molecule has 0 atom stereocenters. The van der Waals surface area contributed by atoms with E-state index in [4.69, 9.17) is 4.74 Å². The second kappa shape index (κ2) is 3.98. The Labute approximate surface area is 85.0 Å². The van der Waals surface area contributed by atoms with Crippen LogP contribution in [0.5, 0.6) is 0 Å². The van der Waals surface area contributed by atoms with Gasteiger partial charge in [-0.3, -0.25) is 4.79 Å². The molecular weight excluding hydrogens is 182 g/mol. The van der Waals surface area contributed by atoms with Crippen molar-refractivity contribution in [2.24, 2.45) is 0 Å². The van der Waals surface area contributed by atoms with Crippen LogP contribution in [0.15, 0.2) is 0 Å². The minimum Gasteiger partial charge on any atom is -0.458 e. The zero-order valence-electron chi connectivity index (χ0n) is 9.72. The topological polar surface area (TPSA) is 55.4 Å². The molecular formula is C10H19NO3. The van der Waals surface area contributed by atoms with Gasteiger partial charge >= 0.3 is 5.97 Å². The number of carbonyl (C=O) groups is 2. The van der Waals surface area contributed by atoms with Gasteiger partial charge in [-0.15, -0.1) is 0 Å².